The van der Waals surface area contributed by atoms with E-state index < -0.39 is 11.5 Å². The van der Waals surface area contributed by atoms with Gasteiger partial charge in [-0.25, -0.2) is 0 Å². The predicted molar refractivity (Wildman–Crippen MR) is 76.9 cm³/mol. The quantitative estimate of drug-likeness (QED) is 0.789. The molecule has 0 amide bonds. The lowest BCUT2D eigenvalue weighted by Crippen LogP contribution is -2.47. The number of carbonyl (C=O) groups is 1. The molecule has 1 rings (SSSR count). The Balaban J connectivity index is 2.56. The topological polar surface area (TPSA) is 49.3 Å². The van der Waals surface area contributed by atoms with E-state index in [4.69, 9.17) is 28.3 Å². The Morgan fingerprint density at radius 1 is 1.44 bits per heavy atom. The summed E-state index contributed by atoms with van der Waals surface area (Å²) >= 11 is 13.3. The molecular formula is C12H15Cl2NO2S. The summed E-state index contributed by atoms with van der Waals surface area (Å²) in [5.41, 5.74) is -0.900. The lowest BCUT2D eigenvalue weighted by atomic mass is 10.00. The van der Waals surface area contributed by atoms with Crippen molar-refractivity contribution in [3.05, 3.63) is 28.2 Å². The van der Waals surface area contributed by atoms with Crippen LogP contribution in [0.1, 0.15) is 13.3 Å². The molecule has 0 aromatic heterocycles. The van der Waals surface area contributed by atoms with E-state index in [1.807, 2.05) is 6.07 Å². The summed E-state index contributed by atoms with van der Waals surface area (Å²) in [5, 5.41) is 13.0. The van der Waals surface area contributed by atoms with Crippen LogP contribution in [-0.4, -0.2) is 29.4 Å². The molecule has 0 saturated carbocycles. The van der Waals surface area contributed by atoms with Crippen molar-refractivity contribution >= 4 is 40.9 Å². The van der Waals surface area contributed by atoms with Crippen LogP contribution in [0, 0.1) is 0 Å². The first kappa shape index (κ1) is 15.6. The largest absolute Gasteiger partial charge is 0.480 e. The first-order valence-electron chi connectivity index (χ1n) is 5.39. The minimum absolute atomic E-state index is 0.510. The number of hydrogen-bond acceptors (Lipinski definition) is 3. The molecule has 1 aromatic carbocycles. The Hall–Kier alpha value is -0.420. The SMILES string of the molecule is CNC(C)(CCSc1ccc(Cl)c(Cl)c1)C(=O)O. The van der Waals surface area contributed by atoms with E-state index in [1.54, 1.807) is 37.9 Å². The maximum Gasteiger partial charge on any atom is 0.323 e. The molecule has 18 heavy (non-hydrogen) atoms. The highest BCUT2D eigenvalue weighted by Gasteiger charge is 2.30. The van der Waals surface area contributed by atoms with Crippen LogP contribution >= 0.6 is 35.0 Å². The van der Waals surface area contributed by atoms with Crippen molar-refractivity contribution in [2.24, 2.45) is 0 Å². The van der Waals surface area contributed by atoms with Crippen molar-refractivity contribution in [3.8, 4) is 0 Å². The molecule has 1 atom stereocenters. The zero-order chi connectivity index (χ0) is 13.8. The fourth-order valence-electron chi connectivity index (χ4n) is 1.28. The van der Waals surface area contributed by atoms with Crippen LogP contribution < -0.4 is 5.32 Å². The number of aliphatic carboxylic acids is 1. The van der Waals surface area contributed by atoms with Crippen LogP contribution in [-0.2, 0) is 4.79 Å². The Kier molecular flexibility index (Phi) is 5.79. The second-order valence-electron chi connectivity index (χ2n) is 4.06. The fourth-order valence-corrected chi connectivity index (χ4v) is 2.75. The second kappa shape index (κ2) is 6.66. The van der Waals surface area contributed by atoms with E-state index in [2.05, 4.69) is 5.32 Å². The number of benzene rings is 1. The van der Waals surface area contributed by atoms with Gasteiger partial charge in [-0.3, -0.25) is 4.79 Å². The van der Waals surface area contributed by atoms with Gasteiger partial charge in [0.2, 0.25) is 0 Å². The molecule has 1 unspecified atom stereocenters. The summed E-state index contributed by atoms with van der Waals surface area (Å²) in [6.07, 6.45) is 0.518. The van der Waals surface area contributed by atoms with Gasteiger partial charge in [-0.15, -0.1) is 11.8 Å². The van der Waals surface area contributed by atoms with Gasteiger partial charge in [-0.1, -0.05) is 23.2 Å². The van der Waals surface area contributed by atoms with Crippen molar-refractivity contribution < 1.29 is 9.90 Å². The number of nitrogens with one attached hydrogen (secondary N) is 1. The molecule has 0 aliphatic rings. The van der Waals surface area contributed by atoms with Gasteiger partial charge >= 0.3 is 5.97 Å². The van der Waals surface area contributed by atoms with Gasteiger partial charge in [0.1, 0.15) is 5.54 Å². The molecular weight excluding hydrogens is 293 g/mol. The predicted octanol–water partition coefficient (Wildman–Crippen LogP) is 3.54. The Morgan fingerprint density at radius 2 is 2.11 bits per heavy atom. The minimum atomic E-state index is -0.900. The van der Waals surface area contributed by atoms with Crippen LogP contribution in [0.15, 0.2) is 23.1 Å². The number of thioether (sulfide) groups is 1. The number of rotatable bonds is 6. The van der Waals surface area contributed by atoms with Gasteiger partial charge < -0.3 is 10.4 Å². The lowest BCUT2D eigenvalue weighted by molar-refractivity contribution is -0.144. The molecule has 1 aromatic rings. The highest BCUT2D eigenvalue weighted by Crippen LogP contribution is 2.29. The van der Waals surface area contributed by atoms with Crippen molar-refractivity contribution in [1.82, 2.24) is 5.32 Å². The molecule has 6 heteroatoms. The molecule has 0 aliphatic carbocycles. The molecule has 0 fully saturated rings. The minimum Gasteiger partial charge on any atom is -0.480 e. The van der Waals surface area contributed by atoms with Gasteiger partial charge in [0.15, 0.2) is 0 Å². The van der Waals surface area contributed by atoms with E-state index in [-0.39, 0.29) is 0 Å². The molecule has 0 saturated heterocycles. The first-order valence-corrected chi connectivity index (χ1v) is 7.13. The van der Waals surface area contributed by atoms with Gasteiger partial charge in [-0.2, -0.15) is 0 Å². The number of halogens is 2. The van der Waals surface area contributed by atoms with Gasteiger partial charge in [-0.05, 0) is 38.6 Å². The maximum absolute atomic E-state index is 11.1. The van der Waals surface area contributed by atoms with E-state index in [1.165, 1.54) is 0 Å². The third-order valence-corrected chi connectivity index (χ3v) is 4.52. The van der Waals surface area contributed by atoms with Crippen LogP contribution in [0.3, 0.4) is 0 Å². The van der Waals surface area contributed by atoms with E-state index in [0.29, 0.717) is 22.2 Å². The number of carboxylic acids is 1. The van der Waals surface area contributed by atoms with E-state index >= 15 is 0 Å². The summed E-state index contributed by atoms with van der Waals surface area (Å²) in [6.45, 7) is 1.67. The molecule has 0 heterocycles. The fraction of sp³-hybridized carbons (Fsp3) is 0.417. The van der Waals surface area contributed by atoms with Crippen LogP contribution in [0.2, 0.25) is 10.0 Å². The molecule has 100 valence electrons. The molecule has 0 spiro atoms. The summed E-state index contributed by atoms with van der Waals surface area (Å²) in [5.74, 6) is -0.165. The van der Waals surface area contributed by atoms with Gasteiger partial charge in [0.05, 0.1) is 10.0 Å². The third kappa shape index (κ3) is 4.05. The van der Waals surface area contributed by atoms with Crippen molar-refractivity contribution in [1.29, 1.82) is 0 Å². The van der Waals surface area contributed by atoms with Crippen LogP contribution in [0.4, 0.5) is 0 Å². The summed E-state index contributed by atoms with van der Waals surface area (Å²) in [4.78, 5) is 12.1. The Morgan fingerprint density at radius 3 is 2.61 bits per heavy atom. The van der Waals surface area contributed by atoms with Crippen molar-refractivity contribution in [2.75, 3.05) is 12.8 Å². The van der Waals surface area contributed by atoms with Crippen molar-refractivity contribution in [3.63, 3.8) is 0 Å². The van der Waals surface area contributed by atoms with Crippen LogP contribution in [0.5, 0.6) is 0 Å². The second-order valence-corrected chi connectivity index (χ2v) is 6.04. The Bertz CT molecular complexity index is 442. The molecule has 3 nitrogen and oxygen atoms in total. The lowest BCUT2D eigenvalue weighted by Gasteiger charge is -2.23. The monoisotopic (exact) mass is 307 g/mol. The molecule has 0 bridgehead atoms. The Labute approximate surface area is 121 Å². The van der Waals surface area contributed by atoms with E-state index in [0.717, 1.165) is 4.90 Å². The first-order chi connectivity index (χ1) is 8.39. The summed E-state index contributed by atoms with van der Waals surface area (Å²) in [6, 6.07) is 5.39. The average Bonchev–Trinajstić information content (AvgIpc) is 2.33. The summed E-state index contributed by atoms with van der Waals surface area (Å²) in [7, 11) is 1.65. The normalized spacial score (nSPS) is 14.2. The van der Waals surface area contributed by atoms with Crippen LogP contribution in [0.25, 0.3) is 0 Å². The highest BCUT2D eigenvalue weighted by atomic mass is 35.5. The zero-order valence-electron chi connectivity index (χ0n) is 10.2. The molecule has 2 N–H and O–H groups in total. The summed E-state index contributed by atoms with van der Waals surface area (Å²) < 4.78 is 0. The standard InChI is InChI=1S/C12H15Cl2NO2S/c1-12(15-2,11(16)17)5-6-18-8-3-4-9(13)10(14)7-8/h3-4,7,15H,5-6H2,1-2H3,(H,16,17). The average molecular weight is 308 g/mol. The highest BCUT2D eigenvalue weighted by molar-refractivity contribution is 7.99. The van der Waals surface area contributed by atoms with Crippen molar-refractivity contribution in [2.45, 2.75) is 23.8 Å². The van der Waals surface area contributed by atoms with Gasteiger partial charge in [0.25, 0.3) is 0 Å². The molecule has 0 radical (unpaired) electrons. The maximum atomic E-state index is 11.1. The number of carboxylic acid groups (broad SMARTS) is 1. The smallest absolute Gasteiger partial charge is 0.323 e. The van der Waals surface area contributed by atoms with E-state index in [9.17, 15) is 4.79 Å². The number of likely N-dealkylation sites (N-methyl/N-ethyl adjacent to an activating group) is 1. The third-order valence-electron chi connectivity index (χ3n) is 2.79. The zero-order valence-corrected chi connectivity index (χ0v) is 12.5. The van der Waals surface area contributed by atoms with Gasteiger partial charge in [0, 0.05) is 10.6 Å². The number of hydrogen-bond donors (Lipinski definition) is 2. The molecule has 0 aliphatic heterocycles.